The number of thiocarbonyl (C=S) groups is 1. The molecule has 0 bridgehead atoms. The third kappa shape index (κ3) is 3.66. The molecule has 1 heterocycles. The van der Waals surface area contributed by atoms with E-state index in [0.29, 0.717) is 16.0 Å². The van der Waals surface area contributed by atoms with Crippen molar-refractivity contribution >= 4 is 40.4 Å². The number of benzene rings is 1. The van der Waals surface area contributed by atoms with E-state index in [1.54, 1.807) is 6.20 Å². The molecule has 0 aliphatic heterocycles. The summed E-state index contributed by atoms with van der Waals surface area (Å²) >= 11 is 11.5. The van der Waals surface area contributed by atoms with Gasteiger partial charge in [0.25, 0.3) is 0 Å². The second kappa shape index (κ2) is 5.99. The normalized spacial score (nSPS) is 10.1. The molecule has 0 aliphatic carbocycles. The molecule has 2 N–H and O–H groups in total. The van der Waals surface area contributed by atoms with Crippen LogP contribution in [0.25, 0.3) is 0 Å². The van der Waals surface area contributed by atoms with E-state index in [2.05, 4.69) is 21.7 Å². The van der Waals surface area contributed by atoms with Gasteiger partial charge in [0.05, 0.1) is 10.7 Å². The molecule has 3 nitrogen and oxygen atoms in total. The molecule has 0 unspecified atom stereocenters. The third-order valence-corrected chi connectivity index (χ3v) is 3.08. The van der Waals surface area contributed by atoms with Crippen molar-refractivity contribution in [3.63, 3.8) is 0 Å². The molecule has 2 rings (SSSR count). The maximum absolute atomic E-state index is 6.22. The summed E-state index contributed by atoms with van der Waals surface area (Å²) in [5, 5.41) is 7.23. The van der Waals surface area contributed by atoms with Crippen molar-refractivity contribution in [2.45, 2.75) is 13.8 Å². The van der Waals surface area contributed by atoms with Gasteiger partial charge in [0, 0.05) is 6.20 Å². The summed E-state index contributed by atoms with van der Waals surface area (Å²) < 4.78 is 0. The van der Waals surface area contributed by atoms with Gasteiger partial charge in [0.2, 0.25) is 0 Å². The fourth-order valence-electron chi connectivity index (χ4n) is 1.77. The highest BCUT2D eigenvalue weighted by Gasteiger charge is 2.07. The zero-order chi connectivity index (χ0) is 13.8. The smallest absolute Gasteiger partial charge is 0.176 e. The van der Waals surface area contributed by atoms with E-state index in [1.807, 2.05) is 38.1 Å². The second-order valence-corrected chi connectivity index (χ2v) is 5.05. The fraction of sp³-hybridized carbons (Fsp3) is 0.143. The predicted octanol–water partition coefficient (Wildman–Crippen LogP) is 4.16. The minimum Gasteiger partial charge on any atom is -0.331 e. The van der Waals surface area contributed by atoms with Gasteiger partial charge >= 0.3 is 0 Å². The lowest BCUT2D eigenvalue weighted by Gasteiger charge is -2.14. The number of anilines is 2. The maximum Gasteiger partial charge on any atom is 0.176 e. The van der Waals surface area contributed by atoms with Gasteiger partial charge in [-0.1, -0.05) is 23.7 Å². The molecule has 0 saturated carbocycles. The standard InChI is InChI=1S/C14H14ClN3S/c1-9-7-10(2)13(11(15)8-9)18-14(19)17-12-5-3-4-6-16-12/h3-8H,1-2H3,(H2,16,17,18,19). The van der Waals surface area contributed by atoms with Crippen LogP contribution in [0.3, 0.4) is 0 Å². The maximum atomic E-state index is 6.22. The number of rotatable bonds is 2. The Morgan fingerprint density at radius 1 is 1.21 bits per heavy atom. The quantitative estimate of drug-likeness (QED) is 0.815. The Labute approximate surface area is 123 Å². The largest absolute Gasteiger partial charge is 0.331 e. The zero-order valence-electron chi connectivity index (χ0n) is 10.7. The van der Waals surface area contributed by atoms with Crippen molar-refractivity contribution in [2.24, 2.45) is 0 Å². The predicted molar refractivity (Wildman–Crippen MR) is 85.0 cm³/mol. The Kier molecular flexibility index (Phi) is 4.35. The summed E-state index contributed by atoms with van der Waals surface area (Å²) in [6, 6.07) is 9.54. The lowest BCUT2D eigenvalue weighted by molar-refractivity contribution is 1.32. The first-order valence-electron chi connectivity index (χ1n) is 5.82. The molecule has 1 aromatic heterocycles. The molecule has 0 aliphatic rings. The van der Waals surface area contributed by atoms with E-state index in [9.17, 15) is 0 Å². The number of hydrogen-bond donors (Lipinski definition) is 2. The number of aryl methyl sites for hydroxylation is 2. The molecule has 0 radical (unpaired) electrons. The van der Waals surface area contributed by atoms with E-state index in [0.717, 1.165) is 16.8 Å². The molecule has 0 saturated heterocycles. The number of halogens is 1. The number of pyridine rings is 1. The molecule has 0 spiro atoms. The third-order valence-electron chi connectivity index (χ3n) is 2.58. The Morgan fingerprint density at radius 2 is 2.00 bits per heavy atom. The van der Waals surface area contributed by atoms with E-state index >= 15 is 0 Å². The van der Waals surface area contributed by atoms with Crippen LogP contribution in [0, 0.1) is 13.8 Å². The second-order valence-electron chi connectivity index (χ2n) is 4.23. The Balaban J connectivity index is 2.12. The number of nitrogens with one attached hydrogen (secondary N) is 2. The number of aromatic nitrogens is 1. The van der Waals surface area contributed by atoms with Crippen molar-refractivity contribution in [2.75, 3.05) is 10.6 Å². The van der Waals surface area contributed by atoms with Gasteiger partial charge in [-0.3, -0.25) is 0 Å². The van der Waals surface area contributed by atoms with Crippen LogP contribution in [0.4, 0.5) is 11.5 Å². The van der Waals surface area contributed by atoms with Gasteiger partial charge < -0.3 is 10.6 Å². The van der Waals surface area contributed by atoms with Crippen LogP contribution in [-0.2, 0) is 0 Å². The van der Waals surface area contributed by atoms with E-state index in [4.69, 9.17) is 23.8 Å². The van der Waals surface area contributed by atoms with E-state index in [1.165, 1.54) is 0 Å². The first-order chi connectivity index (χ1) is 9.06. The van der Waals surface area contributed by atoms with Gasteiger partial charge in [-0.2, -0.15) is 0 Å². The first-order valence-corrected chi connectivity index (χ1v) is 6.60. The molecule has 0 fully saturated rings. The summed E-state index contributed by atoms with van der Waals surface area (Å²) in [6.45, 7) is 4.00. The molecule has 5 heteroatoms. The molecular weight excluding hydrogens is 278 g/mol. The van der Waals surface area contributed by atoms with Crippen molar-refractivity contribution in [3.05, 3.63) is 52.7 Å². The van der Waals surface area contributed by atoms with Crippen LogP contribution in [-0.4, -0.2) is 10.1 Å². The minimum absolute atomic E-state index is 0.465. The summed E-state index contributed by atoms with van der Waals surface area (Å²) in [6.07, 6.45) is 1.70. The van der Waals surface area contributed by atoms with Crippen LogP contribution in [0.5, 0.6) is 0 Å². The Bertz CT molecular complexity index is 576. The van der Waals surface area contributed by atoms with Gasteiger partial charge in [0.1, 0.15) is 5.82 Å². The van der Waals surface area contributed by atoms with Gasteiger partial charge in [-0.15, -0.1) is 0 Å². The van der Waals surface area contributed by atoms with Crippen LogP contribution >= 0.6 is 23.8 Å². The van der Waals surface area contributed by atoms with Crippen LogP contribution in [0.2, 0.25) is 5.02 Å². The Hall–Kier alpha value is -1.65. The monoisotopic (exact) mass is 291 g/mol. The molecule has 2 aromatic rings. The number of hydrogen-bond acceptors (Lipinski definition) is 2. The van der Waals surface area contributed by atoms with E-state index < -0.39 is 0 Å². The molecular formula is C14H14ClN3S. The molecule has 0 atom stereocenters. The van der Waals surface area contributed by atoms with Gasteiger partial charge in [-0.25, -0.2) is 4.98 Å². The zero-order valence-corrected chi connectivity index (χ0v) is 12.3. The molecule has 1 aromatic carbocycles. The van der Waals surface area contributed by atoms with Gasteiger partial charge in [-0.05, 0) is 55.4 Å². The molecule has 0 amide bonds. The van der Waals surface area contributed by atoms with Crippen molar-refractivity contribution in [3.8, 4) is 0 Å². The lowest BCUT2D eigenvalue weighted by Crippen LogP contribution is -2.20. The minimum atomic E-state index is 0.465. The summed E-state index contributed by atoms with van der Waals surface area (Å²) in [4.78, 5) is 4.15. The highest BCUT2D eigenvalue weighted by atomic mass is 35.5. The first kappa shape index (κ1) is 13.8. The van der Waals surface area contributed by atoms with Crippen LogP contribution < -0.4 is 10.6 Å². The summed E-state index contributed by atoms with van der Waals surface area (Å²) in [5.41, 5.74) is 2.99. The topological polar surface area (TPSA) is 37.0 Å². The highest BCUT2D eigenvalue weighted by Crippen LogP contribution is 2.27. The van der Waals surface area contributed by atoms with Crippen LogP contribution in [0.15, 0.2) is 36.5 Å². The summed E-state index contributed by atoms with van der Waals surface area (Å²) in [7, 11) is 0. The highest BCUT2D eigenvalue weighted by molar-refractivity contribution is 7.80. The average Bonchev–Trinajstić information content (AvgIpc) is 2.35. The lowest BCUT2D eigenvalue weighted by atomic mass is 10.1. The molecule has 19 heavy (non-hydrogen) atoms. The van der Waals surface area contributed by atoms with Crippen molar-refractivity contribution in [1.29, 1.82) is 0 Å². The van der Waals surface area contributed by atoms with Gasteiger partial charge in [0.15, 0.2) is 5.11 Å². The van der Waals surface area contributed by atoms with Crippen molar-refractivity contribution in [1.82, 2.24) is 4.98 Å². The van der Waals surface area contributed by atoms with Crippen LogP contribution in [0.1, 0.15) is 11.1 Å². The average molecular weight is 292 g/mol. The Morgan fingerprint density at radius 3 is 2.63 bits per heavy atom. The molecule has 98 valence electrons. The fourth-order valence-corrected chi connectivity index (χ4v) is 2.35. The summed E-state index contributed by atoms with van der Waals surface area (Å²) in [5.74, 6) is 0.695. The SMILES string of the molecule is Cc1cc(C)c(NC(=S)Nc2ccccn2)c(Cl)c1. The van der Waals surface area contributed by atoms with E-state index in [-0.39, 0.29) is 0 Å². The number of nitrogens with zero attached hydrogens (tertiary/aromatic N) is 1. The van der Waals surface area contributed by atoms with Crippen molar-refractivity contribution < 1.29 is 0 Å².